The maximum Gasteiger partial charge on any atom is 0.227 e. The van der Waals surface area contributed by atoms with E-state index in [4.69, 9.17) is 0 Å². The van der Waals surface area contributed by atoms with Crippen LogP contribution in [0.3, 0.4) is 0 Å². The molecule has 4 nitrogen and oxygen atoms in total. The van der Waals surface area contributed by atoms with Crippen LogP contribution in [0.1, 0.15) is 18.4 Å². The van der Waals surface area contributed by atoms with Crippen LogP contribution in [0.4, 0.5) is 5.69 Å². The van der Waals surface area contributed by atoms with Crippen LogP contribution in [0.2, 0.25) is 0 Å². The Morgan fingerprint density at radius 3 is 2.28 bits per heavy atom. The third kappa shape index (κ3) is 3.32. The fraction of sp³-hybridized carbons (Fsp3) is 0.462. The Balaban J connectivity index is 1.95. The molecule has 0 saturated carbocycles. The predicted molar refractivity (Wildman–Crippen MR) is 71.2 cm³/mol. The SMILES string of the molecule is Cc1ccc(NC(=O)C2CCS(=O)(=O)CC2)cc1. The number of hydrogen-bond acceptors (Lipinski definition) is 3. The Hall–Kier alpha value is -1.36. The second-order valence-electron chi connectivity index (χ2n) is 4.78. The first-order valence-corrected chi connectivity index (χ1v) is 7.86. The van der Waals surface area contributed by atoms with Crippen molar-refractivity contribution in [1.82, 2.24) is 0 Å². The van der Waals surface area contributed by atoms with Gasteiger partial charge >= 0.3 is 0 Å². The second kappa shape index (κ2) is 5.10. The molecule has 1 heterocycles. The molecule has 0 unspecified atom stereocenters. The van der Waals surface area contributed by atoms with Crippen molar-refractivity contribution in [3.8, 4) is 0 Å². The third-order valence-electron chi connectivity index (χ3n) is 3.24. The van der Waals surface area contributed by atoms with E-state index in [0.29, 0.717) is 12.8 Å². The number of anilines is 1. The summed E-state index contributed by atoms with van der Waals surface area (Å²) in [5.41, 5.74) is 1.90. The lowest BCUT2D eigenvalue weighted by atomic mass is 10.0. The van der Waals surface area contributed by atoms with Gasteiger partial charge in [-0.25, -0.2) is 8.42 Å². The first kappa shape index (κ1) is 13.1. The molecule has 1 N–H and O–H groups in total. The van der Waals surface area contributed by atoms with E-state index in [2.05, 4.69) is 5.32 Å². The van der Waals surface area contributed by atoms with Crippen LogP contribution in [0.15, 0.2) is 24.3 Å². The Labute approximate surface area is 107 Å². The average Bonchev–Trinajstić information content (AvgIpc) is 2.32. The van der Waals surface area contributed by atoms with E-state index in [9.17, 15) is 13.2 Å². The zero-order valence-corrected chi connectivity index (χ0v) is 11.2. The van der Waals surface area contributed by atoms with E-state index in [1.807, 2.05) is 31.2 Å². The minimum atomic E-state index is -2.91. The highest BCUT2D eigenvalue weighted by Gasteiger charge is 2.28. The molecule has 0 spiro atoms. The monoisotopic (exact) mass is 267 g/mol. The lowest BCUT2D eigenvalue weighted by Gasteiger charge is -2.21. The molecule has 0 bridgehead atoms. The Bertz CT molecular complexity index is 520. The smallest absolute Gasteiger partial charge is 0.227 e. The molecular weight excluding hydrogens is 250 g/mol. The quantitative estimate of drug-likeness (QED) is 0.888. The van der Waals surface area contributed by atoms with Crippen LogP contribution >= 0.6 is 0 Å². The van der Waals surface area contributed by atoms with E-state index in [-0.39, 0.29) is 23.3 Å². The predicted octanol–water partition coefficient (Wildman–Crippen LogP) is 1.76. The van der Waals surface area contributed by atoms with Crippen molar-refractivity contribution in [2.45, 2.75) is 19.8 Å². The highest BCUT2D eigenvalue weighted by Crippen LogP contribution is 2.20. The number of amides is 1. The van der Waals surface area contributed by atoms with Gasteiger partial charge in [-0.3, -0.25) is 4.79 Å². The lowest BCUT2D eigenvalue weighted by molar-refractivity contribution is -0.120. The number of hydrogen-bond donors (Lipinski definition) is 1. The highest BCUT2D eigenvalue weighted by atomic mass is 32.2. The van der Waals surface area contributed by atoms with Gasteiger partial charge in [-0.2, -0.15) is 0 Å². The number of aryl methyl sites for hydroxylation is 1. The molecule has 1 aromatic carbocycles. The molecule has 1 amide bonds. The first-order chi connectivity index (χ1) is 8.46. The van der Waals surface area contributed by atoms with Crippen LogP contribution in [-0.2, 0) is 14.6 Å². The molecule has 1 aliphatic rings. The topological polar surface area (TPSA) is 63.2 Å². The molecule has 0 aromatic heterocycles. The Morgan fingerprint density at radius 1 is 1.17 bits per heavy atom. The maximum atomic E-state index is 12.0. The molecule has 1 aliphatic heterocycles. The summed E-state index contributed by atoms with van der Waals surface area (Å²) in [6, 6.07) is 7.57. The van der Waals surface area contributed by atoms with Gasteiger partial charge in [0.1, 0.15) is 9.84 Å². The van der Waals surface area contributed by atoms with Gasteiger partial charge < -0.3 is 5.32 Å². The van der Waals surface area contributed by atoms with Crippen LogP contribution in [0.5, 0.6) is 0 Å². The van der Waals surface area contributed by atoms with Crippen molar-refractivity contribution >= 4 is 21.4 Å². The molecule has 0 aliphatic carbocycles. The summed E-state index contributed by atoms with van der Waals surface area (Å²) in [5, 5.41) is 2.83. The number of benzene rings is 1. The van der Waals surface area contributed by atoms with Crippen molar-refractivity contribution < 1.29 is 13.2 Å². The highest BCUT2D eigenvalue weighted by molar-refractivity contribution is 7.91. The number of nitrogens with one attached hydrogen (secondary N) is 1. The summed E-state index contributed by atoms with van der Waals surface area (Å²) in [5.74, 6) is -0.0126. The normalized spacial score (nSPS) is 19.4. The van der Waals surface area contributed by atoms with Gasteiger partial charge in [-0.1, -0.05) is 17.7 Å². The summed E-state index contributed by atoms with van der Waals surface area (Å²) in [7, 11) is -2.91. The van der Waals surface area contributed by atoms with Gasteiger partial charge in [0.2, 0.25) is 5.91 Å². The van der Waals surface area contributed by atoms with Crippen LogP contribution in [0.25, 0.3) is 0 Å². The average molecular weight is 267 g/mol. The Morgan fingerprint density at radius 2 is 1.72 bits per heavy atom. The van der Waals surface area contributed by atoms with E-state index < -0.39 is 9.84 Å². The van der Waals surface area contributed by atoms with E-state index in [1.165, 1.54) is 0 Å². The Kier molecular flexibility index (Phi) is 3.71. The van der Waals surface area contributed by atoms with E-state index >= 15 is 0 Å². The molecule has 1 fully saturated rings. The second-order valence-corrected chi connectivity index (χ2v) is 7.09. The largest absolute Gasteiger partial charge is 0.326 e. The summed E-state index contributed by atoms with van der Waals surface area (Å²) in [4.78, 5) is 12.0. The standard InChI is InChI=1S/C13H17NO3S/c1-10-2-4-12(5-3-10)14-13(15)11-6-8-18(16,17)9-7-11/h2-5,11H,6-9H2,1H3,(H,14,15). The molecule has 2 rings (SSSR count). The van der Waals surface area contributed by atoms with Gasteiger partial charge in [-0.15, -0.1) is 0 Å². The zero-order chi connectivity index (χ0) is 13.2. The maximum absolute atomic E-state index is 12.0. The van der Waals surface area contributed by atoms with Crippen LogP contribution in [-0.4, -0.2) is 25.8 Å². The summed E-state index contributed by atoms with van der Waals surface area (Å²) in [6.07, 6.45) is 0.861. The van der Waals surface area contributed by atoms with Crippen molar-refractivity contribution in [1.29, 1.82) is 0 Å². The third-order valence-corrected chi connectivity index (χ3v) is 4.96. The van der Waals surface area contributed by atoms with Crippen LogP contribution < -0.4 is 5.32 Å². The molecule has 18 heavy (non-hydrogen) atoms. The summed E-state index contributed by atoms with van der Waals surface area (Å²) >= 11 is 0. The summed E-state index contributed by atoms with van der Waals surface area (Å²) in [6.45, 7) is 1.98. The molecule has 98 valence electrons. The number of carbonyl (C=O) groups excluding carboxylic acids is 1. The lowest BCUT2D eigenvalue weighted by Crippen LogP contribution is -2.31. The minimum Gasteiger partial charge on any atom is -0.326 e. The van der Waals surface area contributed by atoms with E-state index in [1.54, 1.807) is 0 Å². The van der Waals surface area contributed by atoms with E-state index in [0.717, 1.165) is 11.3 Å². The molecular formula is C13H17NO3S. The molecule has 5 heteroatoms. The molecule has 0 radical (unpaired) electrons. The molecule has 1 aromatic rings. The molecule has 0 atom stereocenters. The van der Waals surface area contributed by atoms with Gasteiger partial charge in [-0.05, 0) is 31.9 Å². The fourth-order valence-electron chi connectivity index (χ4n) is 2.03. The zero-order valence-electron chi connectivity index (χ0n) is 10.3. The van der Waals surface area contributed by atoms with Crippen molar-refractivity contribution in [2.24, 2.45) is 5.92 Å². The number of rotatable bonds is 2. The first-order valence-electron chi connectivity index (χ1n) is 6.04. The summed E-state index contributed by atoms with van der Waals surface area (Å²) < 4.78 is 22.6. The van der Waals surface area contributed by atoms with Crippen molar-refractivity contribution in [3.05, 3.63) is 29.8 Å². The van der Waals surface area contributed by atoms with Crippen molar-refractivity contribution in [3.63, 3.8) is 0 Å². The number of sulfone groups is 1. The minimum absolute atomic E-state index is 0.0752. The fourth-order valence-corrected chi connectivity index (χ4v) is 3.52. The van der Waals surface area contributed by atoms with Gasteiger partial charge in [0.25, 0.3) is 0 Å². The van der Waals surface area contributed by atoms with Gasteiger partial charge in [0.15, 0.2) is 0 Å². The van der Waals surface area contributed by atoms with Gasteiger partial charge in [0, 0.05) is 11.6 Å². The molecule has 1 saturated heterocycles. The van der Waals surface area contributed by atoms with Gasteiger partial charge in [0.05, 0.1) is 11.5 Å². The van der Waals surface area contributed by atoms with Crippen LogP contribution in [0, 0.1) is 12.8 Å². The number of carbonyl (C=O) groups is 1. The van der Waals surface area contributed by atoms with Crippen molar-refractivity contribution in [2.75, 3.05) is 16.8 Å².